The number of carbonyl (C=O) groups excluding carboxylic acids is 2. The molecule has 1 aliphatic rings. The van der Waals surface area contributed by atoms with Crippen LogP contribution in [0.25, 0.3) is 5.69 Å². The lowest BCUT2D eigenvalue weighted by atomic mass is 10.1. The zero-order chi connectivity index (χ0) is 21.4. The molecular weight excluding hydrogens is 382 g/mol. The first-order valence-corrected chi connectivity index (χ1v) is 9.66. The van der Waals surface area contributed by atoms with Crippen LogP contribution in [0.15, 0.2) is 42.5 Å². The summed E-state index contributed by atoms with van der Waals surface area (Å²) in [5, 5.41) is 2.90. The summed E-state index contributed by atoms with van der Waals surface area (Å²) in [6.07, 6.45) is 0. The normalized spacial score (nSPS) is 12.5. The highest BCUT2D eigenvalue weighted by molar-refractivity contribution is 6.06. The summed E-state index contributed by atoms with van der Waals surface area (Å²) < 4.78 is 13.3. The third-order valence-corrected chi connectivity index (χ3v) is 5.21. The van der Waals surface area contributed by atoms with Crippen LogP contribution >= 0.6 is 0 Å². The molecule has 0 radical (unpaired) electrons. The number of carbonyl (C=O) groups is 2. The van der Waals surface area contributed by atoms with Crippen molar-refractivity contribution in [1.82, 2.24) is 4.57 Å². The number of primary amides is 1. The van der Waals surface area contributed by atoms with E-state index in [1.54, 1.807) is 25.1 Å². The standard InChI is InChI=1S/C23H23N3O4/c1-13-10-16(4-6-18(13)22(24)27)25-23(28)19-11-14(2)26(15(19)3)17-5-7-20-21(12-17)30-9-8-29-20/h4-7,10-12H,8-9H2,1-3H3,(H2,24,27)(H,25,28). The molecule has 1 aromatic heterocycles. The van der Waals surface area contributed by atoms with Crippen molar-refractivity contribution in [2.45, 2.75) is 20.8 Å². The maximum Gasteiger partial charge on any atom is 0.257 e. The van der Waals surface area contributed by atoms with Crippen LogP contribution in [0.3, 0.4) is 0 Å². The third-order valence-electron chi connectivity index (χ3n) is 5.21. The Labute approximate surface area is 174 Å². The van der Waals surface area contributed by atoms with E-state index in [0.29, 0.717) is 41.3 Å². The minimum atomic E-state index is -0.492. The van der Waals surface area contributed by atoms with Crippen LogP contribution in [0, 0.1) is 20.8 Å². The molecule has 30 heavy (non-hydrogen) atoms. The number of rotatable bonds is 4. The van der Waals surface area contributed by atoms with Crippen molar-refractivity contribution in [3.63, 3.8) is 0 Å². The Morgan fingerprint density at radius 3 is 2.37 bits per heavy atom. The lowest BCUT2D eigenvalue weighted by Gasteiger charge is -2.20. The van der Waals surface area contributed by atoms with Crippen molar-refractivity contribution in [3.05, 3.63) is 70.5 Å². The van der Waals surface area contributed by atoms with Crippen molar-refractivity contribution in [1.29, 1.82) is 0 Å². The smallest absolute Gasteiger partial charge is 0.257 e. The molecule has 7 heteroatoms. The predicted octanol–water partition coefficient (Wildman–Crippen LogP) is 3.52. The molecule has 0 fully saturated rings. The topological polar surface area (TPSA) is 95.6 Å². The van der Waals surface area contributed by atoms with E-state index in [1.165, 1.54) is 0 Å². The second-order valence-corrected chi connectivity index (χ2v) is 7.30. The van der Waals surface area contributed by atoms with E-state index in [9.17, 15) is 9.59 Å². The Morgan fingerprint density at radius 1 is 0.933 bits per heavy atom. The molecule has 0 atom stereocenters. The van der Waals surface area contributed by atoms with Gasteiger partial charge in [0.15, 0.2) is 11.5 Å². The Bertz CT molecular complexity index is 1160. The van der Waals surface area contributed by atoms with Gasteiger partial charge in [-0.3, -0.25) is 9.59 Å². The summed E-state index contributed by atoms with van der Waals surface area (Å²) in [5.41, 5.74) is 10.3. The van der Waals surface area contributed by atoms with Crippen molar-refractivity contribution >= 4 is 17.5 Å². The Balaban J connectivity index is 1.63. The number of ether oxygens (including phenoxy) is 2. The lowest BCUT2D eigenvalue weighted by molar-refractivity contribution is 0.0997. The first kappa shape index (κ1) is 19.6. The highest BCUT2D eigenvalue weighted by Crippen LogP contribution is 2.33. The molecule has 7 nitrogen and oxygen atoms in total. The van der Waals surface area contributed by atoms with Gasteiger partial charge in [0.05, 0.1) is 5.56 Å². The number of hydrogen-bond donors (Lipinski definition) is 2. The molecule has 0 unspecified atom stereocenters. The van der Waals surface area contributed by atoms with Crippen LogP contribution in [0.1, 0.15) is 37.7 Å². The van der Waals surface area contributed by atoms with E-state index in [4.69, 9.17) is 15.2 Å². The molecule has 3 N–H and O–H groups in total. The molecule has 0 saturated carbocycles. The van der Waals surface area contributed by atoms with Crippen LogP contribution < -0.4 is 20.5 Å². The van der Waals surface area contributed by atoms with E-state index >= 15 is 0 Å². The first-order chi connectivity index (χ1) is 14.3. The number of fused-ring (bicyclic) bond motifs is 1. The first-order valence-electron chi connectivity index (χ1n) is 9.66. The average Bonchev–Trinajstić information content (AvgIpc) is 3.01. The van der Waals surface area contributed by atoms with Gasteiger partial charge in [-0.15, -0.1) is 0 Å². The molecular formula is C23H23N3O4. The van der Waals surface area contributed by atoms with Gasteiger partial charge >= 0.3 is 0 Å². The summed E-state index contributed by atoms with van der Waals surface area (Å²) in [4.78, 5) is 24.3. The van der Waals surface area contributed by atoms with Gasteiger partial charge in [0.1, 0.15) is 13.2 Å². The van der Waals surface area contributed by atoms with E-state index in [1.807, 2.05) is 42.7 Å². The number of aromatic nitrogens is 1. The van der Waals surface area contributed by atoms with Gasteiger partial charge in [-0.05, 0) is 62.7 Å². The fourth-order valence-corrected chi connectivity index (χ4v) is 3.78. The van der Waals surface area contributed by atoms with Crippen molar-refractivity contribution in [3.8, 4) is 17.2 Å². The minimum Gasteiger partial charge on any atom is -0.486 e. The van der Waals surface area contributed by atoms with Crippen LogP contribution in [0.2, 0.25) is 0 Å². The van der Waals surface area contributed by atoms with Gasteiger partial charge in [-0.1, -0.05) is 0 Å². The summed E-state index contributed by atoms with van der Waals surface area (Å²) in [7, 11) is 0. The molecule has 154 valence electrons. The number of amides is 2. The number of nitrogens with two attached hydrogens (primary N) is 1. The van der Waals surface area contributed by atoms with Crippen LogP contribution in [-0.4, -0.2) is 29.6 Å². The van der Waals surface area contributed by atoms with E-state index in [-0.39, 0.29) is 5.91 Å². The van der Waals surface area contributed by atoms with E-state index in [2.05, 4.69) is 5.32 Å². The Morgan fingerprint density at radius 2 is 1.67 bits per heavy atom. The number of anilines is 1. The zero-order valence-electron chi connectivity index (χ0n) is 17.1. The third kappa shape index (κ3) is 3.50. The molecule has 0 spiro atoms. The highest BCUT2D eigenvalue weighted by Gasteiger charge is 2.19. The second-order valence-electron chi connectivity index (χ2n) is 7.30. The minimum absolute atomic E-state index is 0.224. The van der Waals surface area contributed by atoms with Gasteiger partial charge in [-0.2, -0.15) is 0 Å². The molecule has 2 heterocycles. The van der Waals surface area contributed by atoms with Crippen LogP contribution in [-0.2, 0) is 0 Å². The van der Waals surface area contributed by atoms with Crippen molar-refractivity contribution < 1.29 is 19.1 Å². The predicted molar refractivity (Wildman–Crippen MR) is 114 cm³/mol. The number of nitrogens with one attached hydrogen (secondary N) is 1. The van der Waals surface area contributed by atoms with Gasteiger partial charge in [0.2, 0.25) is 5.91 Å². The SMILES string of the molecule is Cc1cc(NC(=O)c2cc(C)n(-c3ccc4c(c3)OCCO4)c2C)ccc1C(N)=O. The van der Waals surface area contributed by atoms with Gasteiger partial charge < -0.3 is 25.1 Å². The van der Waals surface area contributed by atoms with E-state index < -0.39 is 5.91 Å². The maximum absolute atomic E-state index is 12.9. The largest absolute Gasteiger partial charge is 0.486 e. The van der Waals surface area contributed by atoms with E-state index in [0.717, 1.165) is 22.8 Å². The van der Waals surface area contributed by atoms with Gasteiger partial charge in [-0.25, -0.2) is 0 Å². The molecule has 3 aromatic rings. The van der Waals surface area contributed by atoms with Crippen molar-refractivity contribution in [2.24, 2.45) is 5.73 Å². The fourth-order valence-electron chi connectivity index (χ4n) is 3.78. The van der Waals surface area contributed by atoms with Gasteiger partial charge in [0, 0.05) is 34.4 Å². The second kappa shape index (κ2) is 7.59. The van der Waals surface area contributed by atoms with Gasteiger partial charge in [0.25, 0.3) is 5.91 Å². The molecule has 2 amide bonds. The summed E-state index contributed by atoms with van der Waals surface area (Å²) in [5.74, 6) is 0.703. The summed E-state index contributed by atoms with van der Waals surface area (Å²) in [6, 6.07) is 12.6. The monoisotopic (exact) mass is 405 g/mol. The fraction of sp³-hybridized carbons (Fsp3) is 0.217. The molecule has 0 saturated heterocycles. The number of benzene rings is 2. The maximum atomic E-state index is 12.9. The summed E-state index contributed by atoms with van der Waals surface area (Å²) >= 11 is 0. The van der Waals surface area contributed by atoms with Crippen LogP contribution in [0.4, 0.5) is 5.69 Å². The van der Waals surface area contributed by atoms with Crippen LogP contribution in [0.5, 0.6) is 11.5 Å². The molecule has 0 aliphatic carbocycles. The molecule has 2 aromatic carbocycles. The molecule has 4 rings (SSSR count). The number of hydrogen-bond acceptors (Lipinski definition) is 4. The molecule has 0 bridgehead atoms. The zero-order valence-corrected chi connectivity index (χ0v) is 17.1. The average molecular weight is 405 g/mol. The molecule has 1 aliphatic heterocycles. The number of nitrogens with zero attached hydrogens (tertiary/aromatic N) is 1. The quantitative estimate of drug-likeness (QED) is 0.694. The Kier molecular flexibility index (Phi) is 4.95. The highest BCUT2D eigenvalue weighted by atomic mass is 16.6. The van der Waals surface area contributed by atoms with Crippen molar-refractivity contribution in [2.75, 3.05) is 18.5 Å². The lowest BCUT2D eigenvalue weighted by Crippen LogP contribution is -2.16. The number of aryl methyl sites for hydroxylation is 2. The Hall–Kier alpha value is -3.74. The summed E-state index contributed by atoms with van der Waals surface area (Å²) in [6.45, 7) is 6.69.